The van der Waals surface area contributed by atoms with Gasteiger partial charge in [0.1, 0.15) is 17.1 Å². The molecule has 0 saturated carbocycles. The van der Waals surface area contributed by atoms with Crippen molar-refractivity contribution < 1.29 is 19.1 Å². The summed E-state index contributed by atoms with van der Waals surface area (Å²) >= 11 is 0. The first-order valence-corrected chi connectivity index (χ1v) is 8.26. The summed E-state index contributed by atoms with van der Waals surface area (Å²) in [5, 5.41) is 0. The van der Waals surface area contributed by atoms with E-state index in [1.807, 2.05) is 45.0 Å². The molecule has 0 fully saturated rings. The van der Waals surface area contributed by atoms with E-state index in [2.05, 4.69) is 4.90 Å². The summed E-state index contributed by atoms with van der Waals surface area (Å²) in [7, 11) is 1.63. The van der Waals surface area contributed by atoms with E-state index in [4.69, 9.17) is 9.47 Å². The number of nitrogens with zero attached hydrogens (tertiary/aromatic N) is 1. The maximum absolute atomic E-state index is 11.9. The fraction of sp³-hybridized carbons (Fsp3) is 0.579. The summed E-state index contributed by atoms with van der Waals surface area (Å²) in [6, 6.07) is 7.80. The molecule has 0 atom stereocenters. The molecule has 1 aromatic carbocycles. The van der Waals surface area contributed by atoms with Crippen LogP contribution in [-0.4, -0.2) is 42.5 Å². The third kappa shape index (κ3) is 8.67. The van der Waals surface area contributed by atoms with E-state index in [1.54, 1.807) is 14.0 Å². The molecule has 5 heteroatoms. The molecule has 1 aromatic rings. The number of rotatable bonds is 9. The molecule has 0 saturated heterocycles. The highest BCUT2D eigenvalue weighted by Gasteiger charge is 2.17. The zero-order valence-corrected chi connectivity index (χ0v) is 15.4. The number of methoxy groups -OCH3 is 1. The Kier molecular flexibility index (Phi) is 7.92. The van der Waals surface area contributed by atoms with Crippen molar-refractivity contribution in [3.63, 3.8) is 0 Å². The normalized spacial score (nSPS) is 11.4. The number of hydrogen-bond acceptors (Lipinski definition) is 5. The molecule has 0 aliphatic heterocycles. The number of Topliss-reactive ketones (excluding diaryl/α,β-unsaturated/α-hetero) is 1. The minimum atomic E-state index is -0.475. The summed E-state index contributed by atoms with van der Waals surface area (Å²) < 4.78 is 10.5. The molecule has 0 aliphatic rings. The van der Waals surface area contributed by atoms with Crippen molar-refractivity contribution in [2.24, 2.45) is 0 Å². The average Bonchev–Trinajstić information content (AvgIpc) is 2.48. The summed E-state index contributed by atoms with van der Waals surface area (Å²) in [6.07, 6.45) is 0.788. The van der Waals surface area contributed by atoms with Crippen LogP contribution in [0.3, 0.4) is 0 Å². The maximum Gasteiger partial charge on any atom is 0.307 e. The Labute approximate surface area is 144 Å². The van der Waals surface area contributed by atoms with Crippen LogP contribution in [0.5, 0.6) is 5.75 Å². The Morgan fingerprint density at radius 3 is 2.12 bits per heavy atom. The second-order valence-corrected chi connectivity index (χ2v) is 6.91. The second-order valence-electron chi connectivity index (χ2n) is 6.91. The monoisotopic (exact) mass is 335 g/mol. The number of ketones is 1. The fourth-order valence-electron chi connectivity index (χ4n) is 2.22. The molecule has 0 unspecified atom stereocenters. The standard InChI is InChI=1S/C19H29NO4/c1-15(21)10-12-20(13-11-18(22)24-19(2,3)4)14-16-6-8-17(23-5)9-7-16/h6-9H,10-14H2,1-5H3. The van der Waals surface area contributed by atoms with Gasteiger partial charge in [0.25, 0.3) is 0 Å². The first-order chi connectivity index (χ1) is 11.2. The first-order valence-electron chi connectivity index (χ1n) is 8.26. The van der Waals surface area contributed by atoms with Crippen molar-refractivity contribution in [1.29, 1.82) is 0 Å². The molecular formula is C19H29NO4. The van der Waals surface area contributed by atoms with Gasteiger partial charge in [0, 0.05) is 26.1 Å². The van der Waals surface area contributed by atoms with E-state index in [0.717, 1.165) is 11.3 Å². The van der Waals surface area contributed by atoms with Gasteiger partial charge in [-0.1, -0.05) is 12.1 Å². The van der Waals surface area contributed by atoms with Gasteiger partial charge >= 0.3 is 5.97 Å². The van der Waals surface area contributed by atoms with Crippen LogP contribution in [0.25, 0.3) is 0 Å². The lowest BCUT2D eigenvalue weighted by Gasteiger charge is -2.24. The molecule has 0 spiro atoms. The number of ether oxygens (including phenoxy) is 2. The largest absolute Gasteiger partial charge is 0.497 e. The molecule has 0 amide bonds. The third-order valence-electron chi connectivity index (χ3n) is 3.40. The molecule has 0 aromatic heterocycles. The first kappa shape index (κ1) is 20.2. The van der Waals surface area contributed by atoms with Crippen LogP contribution in [0.1, 0.15) is 46.1 Å². The van der Waals surface area contributed by atoms with Crippen molar-refractivity contribution in [1.82, 2.24) is 4.90 Å². The fourth-order valence-corrected chi connectivity index (χ4v) is 2.22. The summed E-state index contributed by atoms with van der Waals surface area (Å²) in [4.78, 5) is 25.3. The van der Waals surface area contributed by atoms with Crippen molar-refractivity contribution in [3.05, 3.63) is 29.8 Å². The maximum atomic E-state index is 11.9. The topological polar surface area (TPSA) is 55.8 Å². The van der Waals surface area contributed by atoms with E-state index in [1.165, 1.54) is 0 Å². The quantitative estimate of drug-likeness (QED) is 0.649. The van der Waals surface area contributed by atoms with Gasteiger partial charge in [-0.3, -0.25) is 14.5 Å². The zero-order chi connectivity index (χ0) is 18.2. The van der Waals surface area contributed by atoms with Crippen molar-refractivity contribution in [2.45, 2.75) is 52.7 Å². The smallest absolute Gasteiger partial charge is 0.307 e. The lowest BCUT2D eigenvalue weighted by Crippen LogP contribution is -2.30. The molecule has 24 heavy (non-hydrogen) atoms. The van der Waals surface area contributed by atoms with Gasteiger partial charge in [-0.25, -0.2) is 0 Å². The Balaban J connectivity index is 2.61. The Morgan fingerprint density at radius 1 is 1.04 bits per heavy atom. The van der Waals surface area contributed by atoms with Crippen LogP contribution in [0, 0.1) is 0 Å². The molecule has 0 heterocycles. The van der Waals surface area contributed by atoms with E-state index in [9.17, 15) is 9.59 Å². The Morgan fingerprint density at radius 2 is 1.62 bits per heavy atom. The minimum Gasteiger partial charge on any atom is -0.497 e. The molecular weight excluding hydrogens is 306 g/mol. The van der Waals surface area contributed by atoms with Gasteiger partial charge in [-0.2, -0.15) is 0 Å². The number of esters is 1. The van der Waals surface area contributed by atoms with Gasteiger partial charge in [0.05, 0.1) is 13.5 Å². The average molecular weight is 335 g/mol. The molecule has 0 N–H and O–H groups in total. The summed E-state index contributed by atoms with van der Waals surface area (Å²) in [5.41, 5.74) is 0.639. The lowest BCUT2D eigenvalue weighted by molar-refractivity contribution is -0.155. The van der Waals surface area contributed by atoms with E-state index >= 15 is 0 Å². The molecule has 5 nitrogen and oxygen atoms in total. The van der Waals surface area contributed by atoms with Crippen LogP contribution < -0.4 is 4.74 Å². The van der Waals surface area contributed by atoms with Crippen LogP contribution in [0.15, 0.2) is 24.3 Å². The van der Waals surface area contributed by atoms with Gasteiger partial charge in [0.15, 0.2) is 0 Å². The predicted molar refractivity (Wildman–Crippen MR) is 94.0 cm³/mol. The SMILES string of the molecule is COc1ccc(CN(CCC(C)=O)CCC(=O)OC(C)(C)C)cc1. The van der Waals surface area contributed by atoms with Crippen molar-refractivity contribution in [2.75, 3.05) is 20.2 Å². The highest BCUT2D eigenvalue weighted by atomic mass is 16.6. The molecule has 0 bridgehead atoms. The van der Waals surface area contributed by atoms with Crippen LogP contribution in [0.2, 0.25) is 0 Å². The summed E-state index contributed by atoms with van der Waals surface area (Å²) in [6.45, 7) is 9.03. The van der Waals surface area contributed by atoms with E-state index < -0.39 is 5.60 Å². The minimum absolute atomic E-state index is 0.145. The second kappa shape index (κ2) is 9.42. The molecule has 0 radical (unpaired) electrons. The number of carbonyl (C=O) groups excluding carboxylic acids is 2. The molecule has 0 aliphatic carbocycles. The van der Waals surface area contributed by atoms with E-state index in [-0.39, 0.29) is 11.8 Å². The Hall–Kier alpha value is -1.88. The molecule has 1 rings (SSSR count). The summed E-state index contributed by atoms with van der Waals surface area (Å²) in [5.74, 6) is 0.736. The predicted octanol–water partition coefficient (Wildman–Crippen LogP) is 3.21. The number of hydrogen-bond donors (Lipinski definition) is 0. The zero-order valence-electron chi connectivity index (χ0n) is 15.4. The lowest BCUT2D eigenvalue weighted by atomic mass is 10.1. The van der Waals surface area contributed by atoms with Crippen LogP contribution >= 0.6 is 0 Å². The highest BCUT2D eigenvalue weighted by Crippen LogP contribution is 2.14. The van der Waals surface area contributed by atoms with Gasteiger partial charge < -0.3 is 9.47 Å². The van der Waals surface area contributed by atoms with E-state index in [0.29, 0.717) is 32.5 Å². The van der Waals surface area contributed by atoms with Crippen LogP contribution in [-0.2, 0) is 20.9 Å². The van der Waals surface area contributed by atoms with Crippen LogP contribution in [0.4, 0.5) is 0 Å². The van der Waals surface area contributed by atoms with Crippen molar-refractivity contribution in [3.8, 4) is 5.75 Å². The highest BCUT2D eigenvalue weighted by molar-refractivity contribution is 5.75. The van der Waals surface area contributed by atoms with Crippen molar-refractivity contribution >= 4 is 11.8 Å². The Bertz CT molecular complexity index is 531. The van der Waals surface area contributed by atoms with Gasteiger partial charge in [-0.05, 0) is 45.4 Å². The van der Waals surface area contributed by atoms with Gasteiger partial charge in [-0.15, -0.1) is 0 Å². The number of benzene rings is 1. The number of carbonyl (C=O) groups is 2. The molecule has 134 valence electrons. The third-order valence-corrected chi connectivity index (χ3v) is 3.40. The van der Waals surface area contributed by atoms with Gasteiger partial charge in [0.2, 0.25) is 0 Å².